The fourth-order valence-electron chi connectivity index (χ4n) is 3.27. The minimum atomic E-state index is 0.412. The van der Waals surface area contributed by atoms with E-state index in [1.165, 1.54) is 37.7 Å². The van der Waals surface area contributed by atoms with Gasteiger partial charge in [0.2, 0.25) is 0 Å². The van der Waals surface area contributed by atoms with E-state index in [9.17, 15) is 0 Å². The minimum Gasteiger partial charge on any atom is -0.310 e. The zero-order chi connectivity index (χ0) is 13.1. The summed E-state index contributed by atoms with van der Waals surface area (Å²) in [5.41, 5.74) is 2.42. The maximum absolute atomic E-state index is 4.43. The van der Waals surface area contributed by atoms with Crippen molar-refractivity contribution in [3.05, 3.63) is 30.4 Å². The smallest absolute Gasteiger partial charge is 0.0892 e. The van der Waals surface area contributed by atoms with Gasteiger partial charge in [-0.05, 0) is 18.9 Å². The Morgan fingerprint density at radius 1 is 1.37 bits per heavy atom. The highest BCUT2D eigenvalue weighted by atomic mass is 15.2. The summed E-state index contributed by atoms with van der Waals surface area (Å²) in [6.07, 6.45) is 14.4. The number of rotatable bonds is 5. The van der Waals surface area contributed by atoms with Crippen molar-refractivity contribution in [2.45, 2.75) is 45.1 Å². The van der Waals surface area contributed by atoms with Crippen molar-refractivity contribution in [2.75, 3.05) is 6.54 Å². The number of hydrogen-bond acceptors (Lipinski definition) is 3. The summed E-state index contributed by atoms with van der Waals surface area (Å²) in [7, 11) is 0. The molecule has 102 valence electrons. The summed E-state index contributed by atoms with van der Waals surface area (Å²) >= 11 is 0. The van der Waals surface area contributed by atoms with Gasteiger partial charge < -0.3 is 5.32 Å². The average molecular weight is 258 g/mol. The van der Waals surface area contributed by atoms with Gasteiger partial charge in [-0.3, -0.25) is 4.98 Å². The van der Waals surface area contributed by atoms with Gasteiger partial charge in [-0.2, -0.15) is 5.10 Å². The van der Waals surface area contributed by atoms with Crippen LogP contribution in [-0.4, -0.2) is 21.1 Å². The lowest BCUT2D eigenvalue weighted by atomic mass is 9.94. The standard InChI is InChI=1S/C15H22N4/c1-2-17-14(9-12-5-3-4-6-12)13-10-18-19-8-7-16-11-15(13)19/h7-8,10-12,14,17H,2-6,9H2,1H3. The van der Waals surface area contributed by atoms with Crippen LogP contribution in [0.5, 0.6) is 0 Å². The molecule has 1 atom stereocenters. The summed E-state index contributed by atoms with van der Waals surface area (Å²) in [6, 6.07) is 0.412. The van der Waals surface area contributed by atoms with Gasteiger partial charge >= 0.3 is 0 Å². The van der Waals surface area contributed by atoms with Crippen molar-refractivity contribution < 1.29 is 0 Å². The van der Waals surface area contributed by atoms with E-state index < -0.39 is 0 Å². The zero-order valence-electron chi connectivity index (χ0n) is 11.5. The van der Waals surface area contributed by atoms with Crippen molar-refractivity contribution in [1.29, 1.82) is 0 Å². The molecule has 0 spiro atoms. The molecule has 3 rings (SSSR count). The molecule has 2 aromatic rings. The molecule has 1 aliphatic carbocycles. The van der Waals surface area contributed by atoms with Gasteiger partial charge in [-0.15, -0.1) is 0 Å². The molecular weight excluding hydrogens is 236 g/mol. The van der Waals surface area contributed by atoms with Crippen LogP contribution in [0.4, 0.5) is 0 Å². The fourth-order valence-corrected chi connectivity index (χ4v) is 3.27. The first-order chi connectivity index (χ1) is 9.38. The van der Waals surface area contributed by atoms with Gasteiger partial charge in [-0.1, -0.05) is 32.6 Å². The van der Waals surface area contributed by atoms with Crippen molar-refractivity contribution in [3.8, 4) is 0 Å². The number of aromatic nitrogens is 3. The molecule has 1 fully saturated rings. The van der Waals surface area contributed by atoms with Crippen LogP contribution in [-0.2, 0) is 0 Å². The third-order valence-corrected chi connectivity index (χ3v) is 4.22. The van der Waals surface area contributed by atoms with Crippen LogP contribution < -0.4 is 5.32 Å². The number of nitrogens with one attached hydrogen (secondary N) is 1. The first-order valence-electron chi connectivity index (χ1n) is 7.39. The van der Waals surface area contributed by atoms with E-state index >= 15 is 0 Å². The van der Waals surface area contributed by atoms with Gasteiger partial charge in [0.1, 0.15) is 0 Å². The third kappa shape index (κ3) is 2.63. The lowest BCUT2D eigenvalue weighted by Crippen LogP contribution is -2.23. The maximum atomic E-state index is 4.43. The lowest BCUT2D eigenvalue weighted by Gasteiger charge is -2.20. The average Bonchev–Trinajstić information content (AvgIpc) is 3.07. The molecule has 1 unspecified atom stereocenters. The lowest BCUT2D eigenvalue weighted by molar-refractivity contribution is 0.402. The Morgan fingerprint density at radius 2 is 2.21 bits per heavy atom. The molecule has 2 aromatic heterocycles. The van der Waals surface area contributed by atoms with Crippen LogP contribution >= 0.6 is 0 Å². The van der Waals surface area contributed by atoms with Gasteiger partial charge in [-0.25, -0.2) is 4.52 Å². The predicted molar refractivity (Wildman–Crippen MR) is 76.0 cm³/mol. The topological polar surface area (TPSA) is 42.2 Å². The SMILES string of the molecule is CCNC(CC1CCCC1)c1cnn2ccncc12. The zero-order valence-corrected chi connectivity index (χ0v) is 11.5. The first kappa shape index (κ1) is 12.6. The van der Waals surface area contributed by atoms with Crippen molar-refractivity contribution in [1.82, 2.24) is 19.9 Å². The molecule has 4 heteroatoms. The van der Waals surface area contributed by atoms with Crippen molar-refractivity contribution >= 4 is 5.52 Å². The van der Waals surface area contributed by atoms with Crippen LogP contribution in [0.1, 0.15) is 50.6 Å². The Balaban J connectivity index is 1.85. The van der Waals surface area contributed by atoms with E-state index in [-0.39, 0.29) is 0 Å². The second kappa shape index (κ2) is 5.70. The summed E-state index contributed by atoms with van der Waals surface area (Å²) < 4.78 is 1.92. The number of hydrogen-bond donors (Lipinski definition) is 1. The summed E-state index contributed by atoms with van der Waals surface area (Å²) in [5.74, 6) is 0.871. The summed E-state index contributed by atoms with van der Waals surface area (Å²) in [6.45, 7) is 3.17. The molecule has 0 radical (unpaired) electrons. The predicted octanol–water partition coefficient (Wildman–Crippen LogP) is 2.96. The maximum Gasteiger partial charge on any atom is 0.0892 e. The molecule has 1 saturated carbocycles. The molecular formula is C15H22N4. The Morgan fingerprint density at radius 3 is 3.00 bits per heavy atom. The van der Waals surface area contributed by atoms with Crippen LogP contribution in [0.3, 0.4) is 0 Å². The Kier molecular flexibility index (Phi) is 3.78. The molecule has 0 saturated heterocycles. The molecule has 0 aromatic carbocycles. The van der Waals surface area contributed by atoms with Gasteiger partial charge in [0.15, 0.2) is 0 Å². The second-order valence-electron chi connectivity index (χ2n) is 5.50. The van der Waals surface area contributed by atoms with E-state index in [0.717, 1.165) is 18.0 Å². The van der Waals surface area contributed by atoms with Crippen molar-refractivity contribution in [2.24, 2.45) is 5.92 Å². The highest BCUT2D eigenvalue weighted by Gasteiger charge is 2.22. The fraction of sp³-hybridized carbons (Fsp3) is 0.600. The quantitative estimate of drug-likeness (QED) is 0.896. The number of fused-ring (bicyclic) bond motifs is 1. The van der Waals surface area contributed by atoms with E-state index in [0.29, 0.717) is 6.04 Å². The van der Waals surface area contributed by atoms with E-state index in [1.807, 2.05) is 23.1 Å². The Hall–Kier alpha value is -1.42. The van der Waals surface area contributed by atoms with Crippen LogP contribution in [0.2, 0.25) is 0 Å². The van der Waals surface area contributed by atoms with Crippen LogP contribution in [0, 0.1) is 5.92 Å². The van der Waals surface area contributed by atoms with Gasteiger partial charge in [0.05, 0.1) is 17.9 Å². The summed E-state index contributed by atoms with van der Waals surface area (Å²) in [4.78, 5) is 4.23. The minimum absolute atomic E-state index is 0.412. The van der Waals surface area contributed by atoms with Crippen LogP contribution in [0.15, 0.2) is 24.8 Å². The van der Waals surface area contributed by atoms with E-state index in [2.05, 4.69) is 22.3 Å². The normalized spacial score (nSPS) is 18.2. The van der Waals surface area contributed by atoms with E-state index in [4.69, 9.17) is 0 Å². The molecule has 0 bridgehead atoms. The number of nitrogens with zero attached hydrogens (tertiary/aromatic N) is 3. The van der Waals surface area contributed by atoms with Gasteiger partial charge in [0, 0.05) is 24.0 Å². The van der Waals surface area contributed by atoms with E-state index in [1.54, 1.807) is 6.20 Å². The molecule has 1 N–H and O–H groups in total. The molecule has 4 nitrogen and oxygen atoms in total. The highest BCUT2D eigenvalue weighted by molar-refractivity contribution is 5.53. The van der Waals surface area contributed by atoms with Crippen molar-refractivity contribution in [3.63, 3.8) is 0 Å². The second-order valence-corrected chi connectivity index (χ2v) is 5.50. The largest absolute Gasteiger partial charge is 0.310 e. The molecule has 1 aliphatic rings. The summed E-state index contributed by atoms with van der Waals surface area (Å²) in [5, 5.41) is 8.06. The third-order valence-electron chi connectivity index (χ3n) is 4.22. The van der Waals surface area contributed by atoms with Gasteiger partial charge in [0.25, 0.3) is 0 Å². The molecule has 0 amide bonds. The molecule has 2 heterocycles. The van der Waals surface area contributed by atoms with Crippen LogP contribution in [0.25, 0.3) is 5.52 Å². The first-order valence-corrected chi connectivity index (χ1v) is 7.39. The molecule has 19 heavy (non-hydrogen) atoms. The monoisotopic (exact) mass is 258 g/mol. The Bertz CT molecular complexity index is 528. The Labute approximate surface area is 114 Å². The highest BCUT2D eigenvalue weighted by Crippen LogP contribution is 2.33. The molecule has 0 aliphatic heterocycles.